The summed E-state index contributed by atoms with van der Waals surface area (Å²) in [7, 11) is 0. The number of hydrogen-bond donors (Lipinski definition) is 3. The fourth-order valence-electron chi connectivity index (χ4n) is 1.96. The maximum Gasteiger partial charge on any atom is 0.417 e. The summed E-state index contributed by atoms with van der Waals surface area (Å²) in [6.07, 6.45) is -1.04. The van der Waals surface area contributed by atoms with Crippen LogP contribution in [0.15, 0.2) is 30.3 Å². The number of nitrogens with two attached hydrogens (primary N) is 1. The van der Waals surface area contributed by atoms with E-state index in [1.807, 2.05) is 0 Å². The molecule has 26 heavy (non-hydrogen) atoms. The fraction of sp³-hybridized carbons (Fsp3) is 0.412. The van der Waals surface area contributed by atoms with Crippen LogP contribution in [0.2, 0.25) is 0 Å². The summed E-state index contributed by atoms with van der Waals surface area (Å²) in [5, 5.41) is 11.1. The molecule has 142 valence electrons. The van der Waals surface area contributed by atoms with Crippen LogP contribution in [0.1, 0.15) is 26.3 Å². The monoisotopic (exact) mass is 365 g/mol. The van der Waals surface area contributed by atoms with Crippen molar-refractivity contribution < 1.29 is 29.0 Å². The standard InChI is InChI=1S/C17H23N3O6/c1-10(18)15(22)20(12(3)14(21)19-11(2)16(23)24)17(25)26-9-13-7-5-4-6-8-13/h4-8,10-12H,9,18H2,1-3H3,(H,19,21)(H,23,24)/t10-,11-,12-/m0/s1. The summed E-state index contributed by atoms with van der Waals surface area (Å²) in [6, 6.07) is 5.26. The number of carbonyl (C=O) groups excluding carboxylic acids is 3. The smallest absolute Gasteiger partial charge is 0.417 e. The number of carboxylic acid groups (broad SMARTS) is 1. The Morgan fingerprint density at radius 2 is 1.73 bits per heavy atom. The van der Waals surface area contributed by atoms with Crippen LogP contribution in [-0.4, -0.2) is 52.0 Å². The number of hydrogen-bond acceptors (Lipinski definition) is 6. The third-order valence-electron chi connectivity index (χ3n) is 3.52. The van der Waals surface area contributed by atoms with Gasteiger partial charge in [-0.1, -0.05) is 30.3 Å². The SMILES string of the molecule is C[C@H](N)C(=O)N(C(=O)OCc1ccccc1)[C@@H](C)C(=O)N[C@@H](C)C(=O)O. The highest BCUT2D eigenvalue weighted by molar-refractivity contribution is 6.00. The summed E-state index contributed by atoms with van der Waals surface area (Å²) in [5.74, 6) is -2.87. The van der Waals surface area contributed by atoms with E-state index in [9.17, 15) is 19.2 Å². The van der Waals surface area contributed by atoms with Gasteiger partial charge in [0.05, 0.1) is 6.04 Å². The van der Waals surface area contributed by atoms with Crippen LogP contribution in [0.25, 0.3) is 0 Å². The molecule has 3 amide bonds. The Bertz CT molecular complexity index is 662. The lowest BCUT2D eigenvalue weighted by molar-refractivity contribution is -0.143. The number of nitrogens with zero attached hydrogens (tertiary/aromatic N) is 1. The number of carboxylic acids is 1. The molecule has 0 aliphatic heterocycles. The molecule has 0 bridgehead atoms. The van der Waals surface area contributed by atoms with E-state index in [0.29, 0.717) is 10.5 Å². The quantitative estimate of drug-likeness (QED) is 0.638. The highest BCUT2D eigenvalue weighted by atomic mass is 16.6. The molecule has 4 N–H and O–H groups in total. The van der Waals surface area contributed by atoms with Gasteiger partial charge in [-0.3, -0.25) is 14.4 Å². The normalized spacial score (nSPS) is 13.8. The first-order valence-electron chi connectivity index (χ1n) is 7.97. The van der Waals surface area contributed by atoms with Crippen molar-refractivity contribution in [2.24, 2.45) is 5.73 Å². The Kier molecular flexibility index (Phi) is 7.73. The minimum Gasteiger partial charge on any atom is -0.480 e. The first kappa shape index (κ1) is 21.1. The Morgan fingerprint density at radius 3 is 2.23 bits per heavy atom. The van der Waals surface area contributed by atoms with Gasteiger partial charge in [0.2, 0.25) is 11.8 Å². The number of aliphatic carboxylic acids is 1. The first-order chi connectivity index (χ1) is 12.1. The fourth-order valence-corrected chi connectivity index (χ4v) is 1.96. The van der Waals surface area contributed by atoms with E-state index in [1.165, 1.54) is 20.8 Å². The number of rotatable bonds is 7. The number of carbonyl (C=O) groups is 4. The highest BCUT2D eigenvalue weighted by Crippen LogP contribution is 2.09. The van der Waals surface area contributed by atoms with Crippen LogP contribution in [0.3, 0.4) is 0 Å². The van der Waals surface area contributed by atoms with Gasteiger partial charge in [0.1, 0.15) is 18.7 Å². The molecule has 1 aromatic rings. The summed E-state index contributed by atoms with van der Waals surface area (Å²) in [5.41, 5.74) is 6.24. The second-order valence-electron chi connectivity index (χ2n) is 5.78. The van der Waals surface area contributed by atoms with E-state index in [2.05, 4.69) is 5.32 Å². The van der Waals surface area contributed by atoms with Gasteiger partial charge in [0.25, 0.3) is 0 Å². The summed E-state index contributed by atoms with van der Waals surface area (Å²) in [6.45, 7) is 3.82. The van der Waals surface area contributed by atoms with Crippen LogP contribution in [0.5, 0.6) is 0 Å². The molecule has 0 aromatic heterocycles. The molecule has 0 radical (unpaired) electrons. The molecular formula is C17H23N3O6. The summed E-state index contributed by atoms with van der Waals surface area (Å²) >= 11 is 0. The largest absolute Gasteiger partial charge is 0.480 e. The second kappa shape index (κ2) is 9.52. The topological polar surface area (TPSA) is 139 Å². The van der Waals surface area contributed by atoms with Crippen molar-refractivity contribution in [1.29, 1.82) is 0 Å². The number of ether oxygens (including phenoxy) is 1. The van der Waals surface area contributed by atoms with Crippen LogP contribution >= 0.6 is 0 Å². The summed E-state index contributed by atoms with van der Waals surface area (Å²) in [4.78, 5) is 48.3. The molecule has 0 aliphatic rings. The third-order valence-corrected chi connectivity index (χ3v) is 3.52. The van der Waals surface area contributed by atoms with Gasteiger partial charge in [-0.15, -0.1) is 0 Å². The summed E-state index contributed by atoms with van der Waals surface area (Å²) < 4.78 is 5.10. The van der Waals surface area contributed by atoms with Crippen LogP contribution in [0.4, 0.5) is 4.79 Å². The maximum atomic E-state index is 12.4. The molecule has 0 fully saturated rings. The minimum absolute atomic E-state index is 0.0950. The lowest BCUT2D eigenvalue weighted by Gasteiger charge is -2.27. The lowest BCUT2D eigenvalue weighted by atomic mass is 10.2. The number of nitrogens with one attached hydrogen (secondary N) is 1. The molecule has 1 aromatic carbocycles. The Balaban J connectivity index is 2.89. The number of benzene rings is 1. The highest BCUT2D eigenvalue weighted by Gasteiger charge is 2.35. The van der Waals surface area contributed by atoms with E-state index >= 15 is 0 Å². The van der Waals surface area contributed by atoms with Gasteiger partial charge in [0, 0.05) is 0 Å². The maximum absolute atomic E-state index is 12.4. The van der Waals surface area contributed by atoms with Crippen molar-refractivity contribution in [3.8, 4) is 0 Å². The van der Waals surface area contributed by atoms with Gasteiger partial charge in [0.15, 0.2) is 0 Å². The van der Waals surface area contributed by atoms with E-state index in [4.69, 9.17) is 15.6 Å². The molecule has 9 heteroatoms. The Hall–Kier alpha value is -2.94. The molecule has 0 unspecified atom stereocenters. The third kappa shape index (κ3) is 5.85. The molecule has 1 rings (SSSR count). The first-order valence-corrected chi connectivity index (χ1v) is 7.97. The Labute approximate surface area is 151 Å². The van der Waals surface area contributed by atoms with Crippen molar-refractivity contribution in [2.45, 2.75) is 45.5 Å². The van der Waals surface area contributed by atoms with E-state index in [1.54, 1.807) is 30.3 Å². The van der Waals surface area contributed by atoms with Gasteiger partial charge in [-0.05, 0) is 26.3 Å². The van der Waals surface area contributed by atoms with Crippen molar-refractivity contribution >= 4 is 23.9 Å². The zero-order valence-electron chi connectivity index (χ0n) is 14.8. The molecule has 9 nitrogen and oxygen atoms in total. The van der Waals surface area contributed by atoms with Crippen molar-refractivity contribution in [3.05, 3.63) is 35.9 Å². The van der Waals surface area contributed by atoms with Gasteiger partial charge in [-0.2, -0.15) is 0 Å². The molecular weight excluding hydrogens is 342 g/mol. The van der Waals surface area contributed by atoms with Crippen LogP contribution in [-0.2, 0) is 25.7 Å². The number of imide groups is 1. The van der Waals surface area contributed by atoms with Crippen molar-refractivity contribution in [1.82, 2.24) is 10.2 Å². The zero-order chi connectivity index (χ0) is 19.9. The molecule has 0 spiro atoms. The van der Waals surface area contributed by atoms with Crippen LogP contribution in [0, 0.1) is 0 Å². The average Bonchev–Trinajstić information content (AvgIpc) is 2.60. The zero-order valence-corrected chi connectivity index (χ0v) is 14.8. The van der Waals surface area contributed by atoms with E-state index in [-0.39, 0.29) is 6.61 Å². The van der Waals surface area contributed by atoms with E-state index < -0.39 is 42.0 Å². The molecule has 0 aliphatic carbocycles. The Morgan fingerprint density at radius 1 is 1.15 bits per heavy atom. The molecule has 0 heterocycles. The van der Waals surface area contributed by atoms with E-state index in [0.717, 1.165) is 0 Å². The van der Waals surface area contributed by atoms with Gasteiger partial charge >= 0.3 is 12.1 Å². The molecule has 0 saturated heterocycles. The number of amides is 3. The van der Waals surface area contributed by atoms with Gasteiger partial charge in [-0.25, -0.2) is 9.69 Å². The molecule has 0 saturated carbocycles. The van der Waals surface area contributed by atoms with Crippen molar-refractivity contribution in [3.63, 3.8) is 0 Å². The predicted molar refractivity (Wildman–Crippen MR) is 91.8 cm³/mol. The van der Waals surface area contributed by atoms with Gasteiger partial charge < -0.3 is 20.9 Å². The average molecular weight is 365 g/mol. The second-order valence-corrected chi connectivity index (χ2v) is 5.78. The minimum atomic E-state index is -1.29. The van der Waals surface area contributed by atoms with Crippen molar-refractivity contribution in [2.75, 3.05) is 0 Å². The lowest BCUT2D eigenvalue weighted by Crippen LogP contribution is -2.56. The van der Waals surface area contributed by atoms with Crippen LogP contribution < -0.4 is 11.1 Å². The predicted octanol–water partition coefficient (Wildman–Crippen LogP) is 0.477. The molecule has 3 atom stereocenters.